The molecule has 5 nitrogen and oxygen atoms in total. The molecule has 2 aromatic heterocycles. The monoisotopic (exact) mass is 452 g/mol. The van der Waals surface area contributed by atoms with Gasteiger partial charge in [-0.25, -0.2) is 0 Å². The quantitative estimate of drug-likeness (QED) is 0.437. The van der Waals surface area contributed by atoms with E-state index < -0.39 is 0 Å². The molecular weight excluding hydrogens is 444 g/mol. The molecule has 4 aromatic rings. The van der Waals surface area contributed by atoms with Crippen molar-refractivity contribution in [3.05, 3.63) is 52.0 Å². The Labute approximate surface area is 164 Å². The number of hydrogen-bond acceptors (Lipinski definition) is 5. The maximum Gasteiger partial charge on any atom is 0.234 e. The standard InChI is InChI=1S/C16H10BrClN4OS2/c17-9-5-6-11(10(18)7-9)19-14(23)8-24-15-20-21-16-22(15)12-3-1-2-4-13(12)25-16/h1-7H,8H2,(H,19,23). The Morgan fingerprint density at radius 1 is 1.28 bits per heavy atom. The number of fused-ring (bicyclic) bond motifs is 3. The maximum atomic E-state index is 12.2. The number of hydrogen-bond donors (Lipinski definition) is 1. The Morgan fingerprint density at radius 3 is 2.96 bits per heavy atom. The summed E-state index contributed by atoms with van der Waals surface area (Å²) in [5, 5.41) is 12.4. The zero-order valence-electron chi connectivity index (χ0n) is 12.6. The average Bonchev–Trinajstić information content (AvgIpc) is 3.15. The molecule has 0 fully saturated rings. The molecule has 0 aliphatic carbocycles. The minimum absolute atomic E-state index is 0.148. The first-order valence-electron chi connectivity index (χ1n) is 7.22. The number of halogens is 2. The fourth-order valence-corrected chi connectivity index (χ4v) is 4.84. The van der Waals surface area contributed by atoms with Crippen molar-refractivity contribution in [2.24, 2.45) is 0 Å². The van der Waals surface area contributed by atoms with Crippen molar-refractivity contribution >= 4 is 77.4 Å². The number of thiazole rings is 1. The Hall–Kier alpha value is -1.61. The molecule has 126 valence electrons. The van der Waals surface area contributed by atoms with Crippen molar-refractivity contribution < 1.29 is 4.79 Å². The third kappa shape index (κ3) is 3.39. The van der Waals surface area contributed by atoms with Gasteiger partial charge in [-0.15, -0.1) is 10.2 Å². The second-order valence-electron chi connectivity index (χ2n) is 5.13. The van der Waals surface area contributed by atoms with Gasteiger partial charge in [0, 0.05) is 4.47 Å². The molecule has 2 aromatic carbocycles. The van der Waals surface area contributed by atoms with E-state index in [1.54, 1.807) is 23.5 Å². The lowest BCUT2D eigenvalue weighted by molar-refractivity contribution is -0.113. The van der Waals surface area contributed by atoms with Gasteiger partial charge in [-0.2, -0.15) is 0 Å². The molecular formula is C16H10BrClN4OS2. The van der Waals surface area contributed by atoms with Gasteiger partial charge in [0.1, 0.15) is 0 Å². The summed E-state index contributed by atoms with van der Waals surface area (Å²) in [6.45, 7) is 0. The lowest BCUT2D eigenvalue weighted by atomic mass is 10.3. The molecule has 0 bridgehead atoms. The number of benzene rings is 2. The van der Waals surface area contributed by atoms with Gasteiger partial charge >= 0.3 is 0 Å². The van der Waals surface area contributed by atoms with E-state index in [9.17, 15) is 4.79 Å². The Kier molecular flexibility index (Phi) is 4.68. The van der Waals surface area contributed by atoms with E-state index in [-0.39, 0.29) is 11.7 Å². The number of nitrogens with zero attached hydrogens (tertiary/aromatic N) is 3. The highest BCUT2D eigenvalue weighted by atomic mass is 79.9. The SMILES string of the molecule is O=C(CSc1nnc2sc3ccccc3n12)Nc1ccc(Br)cc1Cl. The predicted octanol–water partition coefficient (Wildman–Crippen LogP) is 5.09. The van der Waals surface area contributed by atoms with Gasteiger partial charge in [0.2, 0.25) is 10.9 Å². The van der Waals surface area contributed by atoms with Gasteiger partial charge in [0.15, 0.2) is 5.16 Å². The van der Waals surface area contributed by atoms with Crippen LogP contribution in [-0.4, -0.2) is 26.3 Å². The smallest absolute Gasteiger partial charge is 0.234 e. The molecule has 2 heterocycles. The van der Waals surface area contributed by atoms with E-state index in [0.29, 0.717) is 15.9 Å². The first-order valence-corrected chi connectivity index (χ1v) is 10.2. The van der Waals surface area contributed by atoms with Crippen LogP contribution in [0.25, 0.3) is 15.2 Å². The molecule has 0 saturated heterocycles. The number of para-hydroxylation sites is 1. The predicted molar refractivity (Wildman–Crippen MR) is 107 cm³/mol. The minimum atomic E-state index is -0.148. The van der Waals surface area contributed by atoms with Gasteiger partial charge in [-0.3, -0.25) is 9.20 Å². The molecule has 9 heteroatoms. The van der Waals surface area contributed by atoms with Crippen LogP contribution in [0, 0.1) is 0 Å². The van der Waals surface area contributed by atoms with Crippen molar-refractivity contribution in [3.63, 3.8) is 0 Å². The van der Waals surface area contributed by atoms with Crippen LogP contribution in [0.15, 0.2) is 52.1 Å². The zero-order valence-corrected chi connectivity index (χ0v) is 16.5. The third-order valence-electron chi connectivity index (χ3n) is 3.45. The summed E-state index contributed by atoms with van der Waals surface area (Å²) in [7, 11) is 0. The molecule has 0 aliphatic rings. The topological polar surface area (TPSA) is 59.3 Å². The molecule has 4 rings (SSSR count). The molecule has 0 spiro atoms. The second-order valence-corrected chi connectivity index (χ2v) is 8.41. The Morgan fingerprint density at radius 2 is 2.12 bits per heavy atom. The highest BCUT2D eigenvalue weighted by Crippen LogP contribution is 2.30. The van der Waals surface area contributed by atoms with Crippen LogP contribution < -0.4 is 5.32 Å². The molecule has 0 radical (unpaired) electrons. The molecule has 1 N–H and O–H groups in total. The third-order valence-corrected chi connectivity index (χ3v) is 6.20. The van der Waals surface area contributed by atoms with Crippen LogP contribution >= 0.6 is 50.6 Å². The molecule has 0 saturated carbocycles. The number of anilines is 1. The fourth-order valence-electron chi connectivity index (χ4n) is 2.36. The number of amides is 1. The Balaban J connectivity index is 1.51. The number of rotatable bonds is 4. The lowest BCUT2D eigenvalue weighted by Gasteiger charge is -2.07. The zero-order chi connectivity index (χ0) is 17.4. The molecule has 1 amide bonds. The maximum absolute atomic E-state index is 12.2. The van der Waals surface area contributed by atoms with E-state index in [0.717, 1.165) is 19.7 Å². The highest BCUT2D eigenvalue weighted by Gasteiger charge is 2.14. The molecule has 0 aliphatic heterocycles. The van der Waals surface area contributed by atoms with E-state index in [1.165, 1.54) is 11.8 Å². The summed E-state index contributed by atoms with van der Waals surface area (Å²) in [6.07, 6.45) is 0. The van der Waals surface area contributed by atoms with Gasteiger partial charge in [-0.05, 0) is 30.3 Å². The van der Waals surface area contributed by atoms with Gasteiger partial charge in [0.25, 0.3) is 0 Å². The molecule has 0 unspecified atom stereocenters. The summed E-state index contributed by atoms with van der Waals surface area (Å²) in [5.41, 5.74) is 1.63. The van der Waals surface area contributed by atoms with Crippen LogP contribution in [0.4, 0.5) is 5.69 Å². The summed E-state index contributed by atoms with van der Waals surface area (Å²) in [6, 6.07) is 13.4. The van der Waals surface area contributed by atoms with Gasteiger partial charge in [-0.1, -0.05) is 62.8 Å². The van der Waals surface area contributed by atoms with E-state index in [4.69, 9.17) is 11.6 Å². The summed E-state index contributed by atoms with van der Waals surface area (Å²) in [5.74, 6) is 0.0719. The summed E-state index contributed by atoms with van der Waals surface area (Å²) >= 11 is 12.4. The van der Waals surface area contributed by atoms with Crippen molar-refractivity contribution in [2.45, 2.75) is 5.16 Å². The van der Waals surface area contributed by atoms with Crippen molar-refractivity contribution in [3.8, 4) is 0 Å². The first kappa shape index (κ1) is 16.8. The van der Waals surface area contributed by atoms with Crippen LogP contribution in [0.3, 0.4) is 0 Å². The van der Waals surface area contributed by atoms with Crippen LogP contribution in [0.1, 0.15) is 0 Å². The van der Waals surface area contributed by atoms with Crippen LogP contribution in [-0.2, 0) is 4.79 Å². The number of nitrogens with one attached hydrogen (secondary N) is 1. The summed E-state index contributed by atoms with van der Waals surface area (Å²) < 4.78 is 3.98. The number of aromatic nitrogens is 3. The number of carbonyl (C=O) groups is 1. The molecule has 0 atom stereocenters. The fraction of sp³-hybridized carbons (Fsp3) is 0.0625. The Bertz CT molecular complexity index is 1090. The minimum Gasteiger partial charge on any atom is -0.324 e. The van der Waals surface area contributed by atoms with E-state index in [1.807, 2.05) is 34.7 Å². The molecule has 25 heavy (non-hydrogen) atoms. The normalized spacial score (nSPS) is 11.3. The van der Waals surface area contributed by atoms with Gasteiger partial charge < -0.3 is 5.32 Å². The first-order chi connectivity index (χ1) is 12.1. The van der Waals surface area contributed by atoms with Gasteiger partial charge in [0.05, 0.1) is 26.7 Å². The van der Waals surface area contributed by atoms with E-state index in [2.05, 4.69) is 31.4 Å². The highest BCUT2D eigenvalue weighted by molar-refractivity contribution is 9.10. The largest absolute Gasteiger partial charge is 0.324 e. The summed E-state index contributed by atoms with van der Waals surface area (Å²) in [4.78, 5) is 13.0. The van der Waals surface area contributed by atoms with E-state index >= 15 is 0 Å². The van der Waals surface area contributed by atoms with Crippen LogP contribution in [0.5, 0.6) is 0 Å². The second kappa shape index (κ2) is 6.95. The number of thioether (sulfide) groups is 1. The van der Waals surface area contributed by atoms with Crippen molar-refractivity contribution in [1.29, 1.82) is 0 Å². The van der Waals surface area contributed by atoms with Crippen molar-refractivity contribution in [2.75, 3.05) is 11.1 Å². The average molecular weight is 454 g/mol. The number of carbonyl (C=O) groups excluding carboxylic acids is 1. The lowest BCUT2D eigenvalue weighted by Crippen LogP contribution is -2.14. The van der Waals surface area contributed by atoms with Crippen LogP contribution in [0.2, 0.25) is 5.02 Å². The van der Waals surface area contributed by atoms with Crippen molar-refractivity contribution in [1.82, 2.24) is 14.6 Å².